The first-order valence-electron chi connectivity index (χ1n) is 4.89. The van der Waals surface area contributed by atoms with Crippen LogP contribution in [0.2, 0.25) is 0 Å². The van der Waals surface area contributed by atoms with Gasteiger partial charge in [-0.2, -0.15) is 0 Å². The molecule has 0 N–H and O–H groups in total. The lowest BCUT2D eigenvalue weighted by Crippen LogP contribution is -2.49. The standard InChI is InChI=1S/C10H18NO2/c1-8(2)6-7-11(3)9(12)4-5-10(11)13/h8H,4-7H2,1-3H3/q+1. The molecule has 0 spiro atoms. The summed E-state index contributed by atoms with van der Waals surface area (Å²) in [6.45, 7) is 4.89. The number of hydrogen-bond donors (Lipinski definition) is 0. The van der Waals surface area contributed by atoms with Crippen molar-refractivity contribution in [2.75, 3.05) is 13.6 Å². The maximum Gasteiger partial charge on any atom is 0.321 e. The van der Waals surface area contributed by atoms with Gasteiger partial charge in [0.2, 0.25) is 0 Å². The number of likely N-dealkylation sites (tertiary alicyclic amines) is 1. The van der Waals surface area contributed by atoms with Gasteiger partial charge in [-0.15, -0.1) is 0 Å². The molecule has 3 nitrogen and oxygen atoms in total. The van der Waals surface area contributed by atoms with Gasteiger partial charge in [0, 0.05) is 0 Å². The zero-order chi connectivity index (χ0) is 10.1. The molecule has 0 radical (unpaired) electrons. The summed E-state index contributed by atoms with van der Waals surface area (Å²) in [5, 5.41) is 0. The number of carbonyl (C=O) groups is 2. The van der Waals surface area contributed by atoms with Gasteiger partial charge < -0.3 is 0 Å². The summed E-state index contributed by atoms with van der Waals surface area (Å²) in [6, 6.07) is 0. The average Bonchev–Trinajstić information content (AvgIpc) is 2.31. The van der Waals surface area contributed by atoms with Crippen LogP contribution in [0, 0.1) is 5.92 Å². The molecular formula is C10H18NO2+. The highest BCUT2D eigenvalue weighted by molar-refractivity contribution is 5.91. The van der Waals surface area contributed by atoms with Crippen molar-refractivity contribution in [1.29, 1.82) is 0 Å². The van der Waals surface area contributed by atoms with Gasteiger partial charge in [0.05, 0.1) is 26.4 Å². The second-order valence-corrected chi connectivity index (χ2v) is 4.39. The van der Waals surface area contributed by atoms with Crippen LogP contribution in [0.4, 0.5) is 0 Å². The molecule has 0 aliphatic carbocycles. The molecule has 0 atom stereocenters. The van der Waals surface area contributed by atoms with E-state index in [0.29, 0.717) is 25.3 Å². The van der Waals surface area contributed by atoms with Crippen LogP contribution >= 0.6 is 0 Å². The van der Waals surface area contributed by atoms with Crippen LogP contribution < -0.4 is 0 Å². The van der Waals surface area contributed by atoms with Gasteiger partial charge in [0.25, 0.3) is 0 Å². The second-order valence-electron chi connectivity index (χ2n) is 4.39. The fourth-order valence-electron chi connectivity index (χ4n) is 1.61. The van der Waals surface area contributed by atoms with Crippen LogP contribution in [0.3, 0.4) is 0 Å². The number of quaternary nitrogens is 1. The average molecular weight is 184 g/mol. The second kappa shape index (κ2) is 3.58. The fraction of sp³-hybridized carbons (Fsp3) is 0.800. The molecule has 1 rings (SSSR count). The Bertz CT molecular complexity index is 217. The predicted octanol–water partition coefficient (Wildman–Crippen LogP) is 1.33. The lowest BCUT2D eigenvalue weighted by molar-refractivity contribution is -0.752. The van der Waals surface area contributed by atoms with Crippen LogP contribution in [0.1, 0.15) is 33.1 Å². The normalized spacial score (nSPS) is 21.5. The molecule has 0 unspecified atom stereocenters. The molecular weight excluding hydrogens is 166 g/mol. The minimum Gasteiger partial charge on any atom is -0.230 e. The van der Waals surface area contributed by atoms with Crippen LogP contribution in [0.5, 0.6) is 0 Å². The van der Waals surface area contributed by atoms with Crippen LogP contribution in [-0.4, -0.2) is 29.9 Å². The van der Waals surface area contributed by atoms with Gasteiger partial charge in [-0.1, -0.05) is 13.8 Å². The maximum atomic E-state index is 11.5. The molecule has 13 heavy (non-hydrogen) atoms. The molecule has 1 saturated heterocycles. The molecule has 0 aromatic carbocycles. The third kappa shape index (κ3) is 1.97. The van der Waals surface area contributed by atoms with E-state index in [1.165, 1.54) is 0 Å². The van der Waals surface area contributed by atoms with Crippen molar-refractivity contribution >= 4 is 11.8 Å². The van der Waals surface area contributed by atoms with Gasteiger partial charge in [0.1, 0.15) is 0 Å². The smallest absolute Gasteiger partial charge is 0.230 e. The van der Waals surface area contributed by atoms with E-state index in [2.05, 4.69) is 13.8 Å². The highest BCUT2D eigenvalue weighted by Crippen LogP contribution is 2.21. The van der Waals surface area contributed by atoms with E-state index in [1.807, 2.05) is 0 Å². The quantitative estimate of drug-likeness (QED) is 0.490. The van der Waals surface area contributed by atoms with Gasteiger partial charge in [0.15, 0.2) is 0 Å². The monoisotopic (exact) mass is 184 g/mol. The summed E-state index contributed by atoms with van der Waals surface area (Å²) in [5.41, 5.74) is 0. The summed E-state index contributed by atoms with van der Waals surface area (Å²) in [7, 11) is 1.75. The summed E-state index contributed by atoms with van der Waals surface area (Å²) < 4.78 is 0.0399. The Kier molecular flexibility index (Phi) is 2.86. The van der Waals surface area contributed by atoms with Crippen molar-refractivity contribution in [3.63, 3.8) is 0 Å². The van der Waals surface area contributed by atoms with Crippen LogP contribution in [0.25, 0.3) is 0 Å². The lowest BCUT2D eigenvalue weighted by Gasteiger charge is -2.24. The van der Waals surface area contributed by atoms with Gasteiger partial charge in [-0.3, -0.25) is 0 Å². The van der Waals surface area contributed by atoms with Crippen molar-refractivity contribution in [2.24, 2.45) is 5.92 Å². The minimum absolute atomic E-state index is 0.0399. The number of nitrogens with zero attached hydrogens (tertiary/aromatic N) is 1. The van der Waals surface area contributed by atoms with E-state index in [9.17, 15) is 9.59 Å². The van der Waals surface area contributed by atoms with Gasteiger partial charge >= 0.3 is 11.8 Å². The minimum atomic E-state index is 0.0399. The van der Waals surface area contributed by atoms with E-state index in [1.54, 1.807) is 7.05 Å². The number of imide groups is 1. The molecule has 0 saturated carbocycles. The Morgan fingerprint density at radius 3 is 2.08 bits per heavy atom. The molecule has 2 amide bonds. The summed E-state index contributed by atoms with van der Waals surface area (Å²) in [5.74, 6) is 0.729. The molecule has 1 fully saturated rings. The first-order chi connectivity index (χ1) is 5.97. The Hall–Kier alpha value is -0.700. The van der Waals surface area contributed by atoms with Gasteiger partial charge in [-0.25, -0.2) is 14.1 Å². The summed E-state index contributed by atoms with van der Waals surface area (Å²) >= 11 is 0. The fourth-order valence-corrected chi connectivity index (χ4v) is 1.61. The van der Waals surface area contributed by atoms with Gasteiger partial charge in [-0.05, 0) is 12.3 Å². The predicted molar refractivity (Wildman–Crippen MR) is 49.8 cm³/mol. The molecule has 1 heterocycles. The van der Waals surface area contributed by atoms with E-state index >= 15 is 0 Å². The molecule has 0 aromatic heterocycles. The zero-order valence-electron chi connectivity index (χ0n) is 8.67. The van der Waals surface area contributed by atoms with Crippen molar-refractivity contribution < 1.29 is 14.1 Å². The van der Waals surface area contributed by atoms with Crippen molar-refractivity contribution in [1.82, 2.24) is 0 Å². The number of carbonyl (C=O) groups excluding carboxylic acids is 2. The molecule has 74 valence electrons. The third-order valence-corrected chi connectivity index (χ3v) is 2.81. The Morgan fingerprint density at radius 2 is 1.69 bits per heavy atom. The Balaban J connectivity index is 2.63. The maximum absolute atomic E-state index is 11.5. The molecule has 0 bridgehead atoms. The highest BCUT2D eigenvalue weighted by atomic mass is 16.2. The first-order valence-corrected chi connectivity index (χ1v) is 4.89. The summed E-state index contributed by atoms with van der Waals surface area (Å²) in [4.78, 5) is 22.9. The Morgan fingerprint density at radius 1 is 1.23 bits per heavy atom. The number of amides is 2. The number of rotatable bonds is 3. The summed E-state index contributed by atoms with van der Waals surface area (Å²) in [6.07, 6.45) is 1.81. The third-order valence-electron chi connectivity index (χ3n) is 2.81. The van der Waals surface area contributed by atoms with Crippen molar-refractivity contribution in [2.45, 2.75) is 33.1 Å². The lowest BCUT2D eigenvalue weighted by atomic mass is 10.1. The Labute approximate surface area is 79.3 Å². The van der Waals surface area contributed by atoms with E-state index < -0.39 is 0 Å². The topological polar surface area (TPSA) is 34.1 Å². The van der Waals surface area contributed by atoms with E-state index in [0.717, 1.165) is 6.42 Å². The molecule has 3 heteroatoms. The number of hydrogen-bond acceptors (Lipinski definition) is 2. The molecule has 0 aromatic rings. The SMILES string of the molecule is CC(C)CC[N+]1(C)C(=O)CCC1=O. The van der Waals surface area contributed by atoms with Crippen molar-refractivity contribution in [3.8, 4) is 0 Å². The molecule has 1 aliphatic rings. The van der Waals surface area contributed by atoms with E-state index in [4.69, 9.17) is 0 Å². The molecule has 1 aliphatic heterocycles. The zero-order valence-corrected chi connectivity index (χ0v) is 8.67. The van der Waals surface area contributed by atoms with Crippen LogP contribution in [0.15, 0.2) is 0 Å². The highest BCUT2D eigenvalue weighted by Gasteiger charge is 2.45. The van der Waals surface area contributed by atoms with Crippen LogP contribution in [-0.2, 0) is 9.59 Å². The van der Waals surface area contributed by atoms with E-state index in [-0.39, 0.29) is 16.3 Å². The first kappa shape index (κ1) is 10.4. The largest absolute Gasteiger partial charge is 0.321 e. The van der Waals surface area contributed by atoms with Crippen molar-refractivity contribution in [3.05, 3.63) is 0 Å².